The first-order valence-electron chi connectivity index (χ1n) is 9.39. The van der Waals surface area contributed by atoms with Gasteiger partial charge in [0.25, 0.3) is 0 Å². The van der Waals surface area contributed by atoms with E-state index in [1.54, 1.807) is 6.20 Å². The van der Waals surface area contributed by atoms with E-state index in [-0.39, 0.29) is 18.0 Å². The van der Waals surface area contributed by atoms with Crippen molar-refractivity contribution in [3.63, 3.8) is 0 Å². The lowest BCUT2D eigenvalue weighted by molar-refractivity contribution is -0.119. The van der Waals surface area contributed by atoms with Crippen molar-refractivity contribution in [2.24, 2.45) is 0 Å². The van der Waals surface area contributed by atoms with E-state index in [0.29, 0.717) is 5.75 Å². The van der Waals surface area contributed by atoms with Gasteiger partial charge in [-0.15, -0.1) is 0 Å². The molecule has 2 unspecified atom stereocenters. The quantitative estimate of drug-likeness (QED) is 0.739. The topological polar surface area (TPSA) is 59.4 Å². The minimum atomic E-state index is 0.0342. The molecule has 1 aliphatic rings. The second-order valence-electron chi connectivity index (χ2n) is 6.90. The average Bonchev–Trinajstić information content (AvgIpc) is 3.15. The van der Waals surface area contributed by atoms with Gasteiger partial charge in [-0.25, -0.2) is 4.98 Å². The number of thioether (sulfide) groups is 1. The van der Waals surface area contributed by atoms with Gasteiger partial charge in [-0.1, -0.05) is 30.0 Å². The molecule has 1 aliphatic heterocycles. The van der Waals surface area contributed by atoms with E-state index in [1.807, 2.05) is 22.9 Å². The summed E-state index contributed by atoms with van der Waals surface area (Å²) in [4.78, 5) is 19.2. The van der Waals surface area contributed by atoms with Crippen molar-refractivity contribution in [1.82, 2.24) is 19.8 Å². The van der Waals surface area contributed by atoms with Gasteiger partial charge in [-0.2, -0.15) is 0 Å². The standard InChI is InChI=1S/C20H28N4O2S/c1-15-6-4-5-7-18(15)24-9-8-21-20(24)27-14-19(25)22-16(2)17(3)23-10-12-26-13-11-23/h4-9,16-17H,10-14H2,1-3H3,(H,22,25). The lowest BCUT2D eigenvalue weighted by Crippen LogP contribution is -2.52. The first kappa shape index (κ1) is 19.9. The van der Waals surface area contributed by atoms with Gasteiger partial charge in [0.2, 0.25) is 5.91 Å². The van der Waals surface area contributed by atoms with E-state index in [9.17, 15) is 4.79 Å². The molecule has 3 rings (SSSR count). The highest BCUT2D eigenvalue weighted by Crippen LogP contribution is 2.22. The number of carbonyl (C=O) groups is 1. The molecule has 7 heteroatoms. The Morgan fingerprint density at radius 1 is 1.30 bits per heavy atom. The third kappa shape index (κ3) is 5.12. The third-order valence-electron chi connectivity index (χ3n) is 5.05. The van der Waals surface area contributed by atoms with Crippen LogP contribution in [0.2, 0.25) is 0 Å². The third-order valence-corrected chi connectivity index (χ3v) is 6.01. The summed E-state index contributed by atoms with van der Waals surface area (Å²) in [6.07, 6.45) is 3.71. The minimum Gasteiger partial charge on any atom is -0.379 e. The highest BCUT2D eigenvalue weighted by atomic mass is 32.2. The zero-order chi connectivity index (χ0) is 19.2. The van der Waals surface area contributed by atoms with Crippen LogP contribution in [0.25, 0.3) is 5.69 Å². The van der Waals surface area contributed by atoms with Crippen LogP contribution in [0.1, 0.15) is 19.4 Å². The molecule has 0 bridgehead atoms. The van der Waals surface area contributed by atoms with Crippen molar-refractivity contribution in [2.75, 3.05) is 32.1 Å². The van der Waals surface area contributed by atoms with E-state index < -0.39 is 0 Å². The molecule has 0 spiro atoms. The van der Waals surface area contributed by atoms with Gasteiger partial charge in [0, 0.05) is 37.6 Å². The highest BCUT2D eigenvalue weighted by molar-refractivity contribution is 7.99. The number of amides is 1. The van der Waals surface area contributed by atoms with Crippen LogP contribution < -0.4 is 5.32 Å². The summed E-state index contributed by atoms with van der Waals surface area (Å²) >= 11 is 1.46. The van der Waals surface area contributed by atoms with Gasteiger partial charge in [-0.05, 0) is 32.4 Å². The summed E-state index contributed by atoms with van der Waals surface area (Å²) in [5.41, 5.74) is 2.27. The first-order chi connectivity index (χ1) is 13.1. The fraction of sp³-hybridized carbons (Fsp3) is 0.500. The molecule has 1 aromatic carbocycles. The number of nitrogens with one attached hydrogen (secondary N) is 1. The van der Waals surface area contributed by atoms with Crippen molar-refractivity contribution in [1.29, 1.82) is 0 Å². The average molecular weight is 389 g/mol. The van der Waals surface area contributed by atoms with Crippen molar-refractivity contribution < 1.29 is 9.53 Å². The van der Waals surface area contributed by atoms with E-state index in [4.69, 9.17) is 4.74 Å². The molecule has 1 N–H and O–H groups in total. The van der Waals surface area contributed by atoms with E-state index in [1.165, 1.54) is 17.3 Å². The van der Waals surface area contributed by atoms with Crippen LogP contribution in [-0.2, 0) is 9.53 Å². The van der Waals surface area contributed by atoms with Gasteiger partial charge in [-0.3, -0.25) is 14.3 Å². The molecule has 1 saturated heterocycles. The molecule has 27 heavy (non-hydrogen) atoms. The maximum absolute atomic E-state index is 12.4. The molecule has 0 saturated carbocycles. The first-order valence-corrected chi connectivity index (χ1v) is 10.4. The number of benzene rings is 1. The molecular formula is C20H28N4O2S. The number of nitrogens with zero attached hydrogens (tertiary/aromatic N) is 3. The Hall–Kier alpha value is -1.83. The zero-order valence-corrected chi connectivity index (χ0v) is 17.0. The maximum Gasteiger partial charge on any atom is 0.230 e. The number of carbonyl (C=O) groups excluding carboxylic acids is 1. The summed E-state index contributed by atoms with van der Waals surface area (Å²) in [5.74, 6) is 0.384. The number of aryl methyl sites for hydroxylation is 1. The SMILES string of the molecule is Cc1ccccc1-n1ccnc1SCC(=O)NC(C)C(C)N1CCOCC1. The maximum atomic E-state index is 12.4. The summed E-state index contributed by atoms with van der Waals surface area (Å²) in [7, 11) is 0. The number of para-hydroxylation sites is 1. The van der Waals surface area contributed by atoms with Gasteiger partial charge in [0.1, 0.15) is 0 Å². The summed E-state index contributed by atoms with van der Waals surface area (Å²) in [6.45, 7) is 9.68. The van der Waals surface area contributed by atoms with Gasteiger partial charge in [0.05, 0.1) is 24.7 Å². The number of ether oxygens (including phenoxy) is 1. The van der Waals surface area contributed by atoms with Crippen LogP contribution in [0, 0.1) is 6.92 Å². The smallest absolute Gasteiger partial charge is 0.230 e. The van der Waals surface area contributed by atoms with Gasteiger partial charge < -0.3 is 10.1 Å². The van der Waals surface area contributed by atoms with E-state index in [2.05, 4.69) is 48.1 Å². The molecular weight excluding hydrogens is 360 g/mol. The molecule has 1 aromatic heterocycles. The van der Waals surface area contributed by atoms with Crippen LogP contribution in [0.3, 0.4) is 0 Å². The summed E-state index contributed by atoms with van der Waals surface area (Å²) in [5, 5.41) is 3.96. The number of imidazole rings is 1. The minimum absolute atomic E-state index is 0.0342. The van der Waals surface area contributed by atoms with Gasteiger partial charge in [0.15, 0.2) is 5.16 Å². The van der Waals surface area contributed by atoms with Crippen LogP contribution in [0.15, 0.2) is 41.8 Å². The van der Waals surface area contributed by atoms with Crippen molar-refractivity contribution in [3.05, 3.63) is 42.2 Å². The van der Waals surface area contributed by atoms with Crippen molar-refractivity contribution in [2.45, 2.75) is 38.0 Å². The number of rotatable bonds is 7. The Bertz CT molecular complexity index is 758. The van der Waals surface area contributed by atoms with Crippen LogP contribution in [0.5, 0.6) is 0 Å². The predicted molar refractivity (Wildman–Crippen MR) is 108 cm³/mol. The Kier molecular flexibility index (Phi) is 6.93. The second kappa shape index (κ2) is 9.39. The lowest BCUT2D eigenvalue weighted by atomic mass is 10.1. The monoisotopic (exact) mass is 388 g/mol. The van der Waals surface area contributed by atoms with Crippen LogP contribution in [-0.4, -0.2) is 64.5 Å². The van der Waals surface area contributed by atoms with Crippen LogP contribution >= 0.6 is 11.8 Å². The largest absolute Gasteiger partial charge is 0.379 e. The summed E-state index contributed by atoms with van der Waals surface area (Å²) < 4.78 is 7.44. The molecule has 0 aliphatic carbocycles. The molecule has 1 amide bonds. The Morgan fingerprint density at radius 2 is 2.04 bits per heavy atom. The Labute approximate surface area is 165 Å². The highest BCUT2D eigenvalue weighted by Gasteiger charge is 2.23. The lowest BCUT2D eigenvalue weighted by Gasteiger charge is -2.35. The van der Waals surface area contributed by atoms with E-state index >= 15 is 0 Å². The molecule has 2 aromatic rings. The molecule has 146 valence electrons. The summed E-state index contributed by atoms with van der Waals surface area (Å²) in [6, 6.07) is 8.55. The van der Waals surface area contributed by atoms with E-state index in [0.717, 1.165) is 37.1 Å². The molecule has 2 heterocycles. The number of morpholine rings is 1. The predicted octanol–water partition coefficient (Wildman–Crippen LogP) is 2.50. The van der Waals surface area contributed by atoms with Gasteiger partial charge >= 0.3 is 0 Å². The van der Waals surface area contributed by atoms with Crippen molar-refractivity contribution in [3.8, 4) is 5.69 Å². The molecule has 2 atom stereocenters. The Morgan fingerprint density at radius 3 is 2.78 bits per heavy atom. The van der Waals surface area contributed by atoms with Crippen molar-refractivity contribution >= 4 is 17.7 Å². The number of hydrogen-bond donors (Lipinski definition) is 1. The fourth-order valence-electron chi connectivity index (χ4n) is 3.26. The molecule has 6 nitrogen and oxygen atoms in total. The Balaban J connectivity index is 1.54. The van der Waals surface area contributed by atoms with Crippen LogP contribution in [0.4, 0.5) is 0 Å². The zero-order valence-electron chi connectivity index (χ0n) is 16.2. The molecule has 0 radical (unpaired) electrons. The number of aromatic nitrogens is 2. The fourth-order valence-corrected chi connectivity index (χ4v) is 4.04. The normalized spacial score (nSPS) is 17.4. The molecule has 1 fully saturated rings. The number of hydrogen-bond acceptors (Lipinski definition) is 5. The second-order valence-corrected chi connectivity index (χ2v) is 7.84.